The van der Waals surface area contributed by atoms with E-state index in [1.165, 1.54) is 32.4 Å². The molecule has 0 spiro atoms. The Morgan fingerprint density at radius 1 is 1.17 bits per heavy atom. The SMILES string of the molecule is Nc1ccn2c(CCN3CCCCC3)nnc2c1. The van der Waals surface area contributed by atoms with Crippen LogP contribution >= 0.6 is 0 Å². The Kier molecular flexibility index (Phi) is 3.15. The number of nitrogens with zero attached hydrogens (tertiary/aromatic N) is 4. The Balaban J connectivity index is 1.70. The van der Waals surface area contributed by atoms with Crippen molar-refractivity contribution in [2.45, 2.75) is 25.7 Å². The van der Waals surface area contributed by atoms with Crippen LogP contribution < -0.4 is 5.73 Å². The first-order valence-corrected chi connectivity index (χ1v) is 6.64. The average molecular weight is 245 g/mol. The summed E-state index contributed by atoms with van der Waals surface area (Å²) < 4.78 is 2.03. The molecule has 5 heteroatoms. The molecule has 0 bridgehead atoms. The van der Waals surface area contributed by atoms with Crippen molar-refractivity contribution in [3.8, 4) is 0 Å². The Labute approximate surface area is 107 Å². The number of nitrogens with two attached hydrogens (primary N) is 1. The quantitative estimate of drug-likeness (QED) is 0.886. The number of likely N-dealkylation sites (tertiary alicyclic amines) is 1. The van der Waals surface area contributed by atoms with E-state index in [1.54, 1.807) is 0 Å². The number of anilines is 1. The third-order valence-electron chi connectivity index (χ3n) is 3.60. The third-order valence-corrected chi connectivity index (χ3v) is 3.60. The highest BCUT2D eigenvalue weighted by Gasteiger charge is 2.12. The fourth-order valence-electron chi connectivity index (χ4n) is 2.57. The van der Waals surface area contributed by atoms with Gasteiger partial charge in [-0.25, -0.2) is 0 Å². The fourth-order valence-corrected chi connectivity index (χ4v) is 2.57. The van der Waals surface area contributed by atoms with Gasteiger partial charge in [0, 0.05) is 30.9 Å². The molecule has 5 nitrogen and oxygen atoms in total. The van der Waals surface area contributed by atoms with E-state index in [9.17, 15) is 0 Å². The highest BCUT2D eigenvalue weighted by atomic mass is 15.2. The summed E-state index contributed by atoms with van der Waals surface area (Å²) in [5, 5.41) is 8.41. The second-order valence-electron chi connectivity index (χ2n) is 4.96. The summed E-state index contributed by atoms with van der Waals surface area (Å²) in [7, 11) is 0. The number of rotatable bonds is 3. The lowest BCUT2D eigenvalue weighted by Crippen LogP contribution is -2.31. The van der Waals surface area contributed by atoms with Gasteiger partial charge in [-0.05, 0) is 32.0 Å². The van der Waals surface area contributed by atoms with E-state index in [2.05, 4.69) is 15.1 Å². The molecular formula is C13H19N5. The Morgan fingerprint density at radius 3 is 2.83 bits per heavy atom. The number of aromatic nitrogens is 3. The second kappa shape index (κ2) is 4.94. The second-order valence-corrected chi connectivity index (χ2v) is 4.96. The van der Waals surface area contributed by atoms with Crippen LogP contribution in [0.25, 0.3) is 5.65 Å². The number of fused-ring (bicyclic) bond motifs is 1. The molecule has 1 saturated heterocycles. The van der Waals surface area contributed by atoms with E-state index in [0.717, 1.165) is 30.1 Å². The van der Waals surface area contributed by atoms with E-state index in [0.29, 0.717) is 0 Å². The molecule has 0 saturated carbocycles. The van der Waals surface area contributed by atoms with Gasteiger partial charge in [-0.1, -0.05) is 6.42 Å². The minimum atomic E-state index is 0.734. The monoisotopic (exact) mass is 245 g/mol. The molecule has 3 heterocycles. The van der Waals surface area contributed by atoms with Gasteiger partial charge in [-0.15, -0.1) is 10.2 Å². The molecule has 0 aromatic carbocycles. The van der Waals surface area contributed by atoms with Crippen molar-refractivity contribution in [1.82, 2.24) is 19.5 Å². The fraction of sp³-hybridized carbons (Fsp3) is 0.538. The van der Waals surface area contributed by atoms with Crippen molar-refractivity contribution in [1.29, 1.82) is 0 Å². The van der Waals surface area contributed by atoms with Crippen molar-refractivity contribution in [2.24, 2.45) is 0 Å². The number of pyridine rings is 1. The van der Waals surface area contributed by atoms with Crippen LogP contribution in [-0.4, -0.2) is 39.1 Å². The first-order valence-electron chi connectivity index (χ1n) is 6.64. The van der Waals surface area contributed by atoms with Crippen LogP contribution in [0.1, 0.15) is 25.1 Å². The molecule has 96 valence electrons. The van der Waals surface area contributed by atoms with Gasteiger partial charge in [-0.2, -0.15) is 0 Å². The minimum absolute atomic E-state index is 0.734. The summed E-state index contributed by atoms with van der Waals surface area (Å²) in [5.74, 6) is 1.02. The van der Waals surface area contributed by atoms with Crippen LogP contribution in [0.4, 0.5) is 5.69 Å². The average Bonchev–Trinajstić information content (AvgIpc) is 2.80. The summed E-state index contributed by atoms with van der Waals surface area (Å²) in [6.07, 6.45) is 6.94. The summed E-state index contributed by atoms with van der Waals surface area (Å²) in [4.78, 5) is 2.52. The van der Waals surface area contributed by atoms with Crippen LogP contribution in [0, 0.1) is 0 Å². The molecule has 0 atom stereocenters. The van der Waals surface area contributed by atoms with E-state index < -0.39 is 0 Å². The van der Waals surface area contributed by atoms with E-state index in [1.807, 2.05) is 22.7 Å². The van der Waals surface area contributed by atoms with Gasteiger partial charge in [0.15, 0.2) is 5.65 Å². The predicted octanol–water partition coefficient (Wildman–Crippen LogP) is 1.34. The largest absolute Gasteiger partial charge is 0.399 e. The summed E-state index contributed by atoms with van der Waals surface area (Å²) >= 11 is 0. The molecule has 0 aliphatic carbocycles. The van der Waals surface area contributed by atoms with E-state index in [-0.39, 0.29) is 0 Å². The van der Waals surface area contributed by atoms with Gasteiger partial charge in [0.25, 0.3) is 0 Å². The summed E-state index contributed by atoms with van der Waals surface area (Å²) in [6.45, 7) is 3.53. The molecule has 1 aliphatic rings. The zero-order valence-corrected chi connectivity index (χ0v) is 10.5. The molecule has 1 fully saturated rings. The van der Waals surface area contributed by atoms with Gasteiger partial charge in [0.2, 0.25) is 0 Å². The Hall–Kier alpha value is -1.62. The molecule has 0 radical (unpaired) electrons. The van der Waals surface area contributed by atoms with Gasteiger partial charge in [0.1, 0.15) is 5.82 Å². The Bertz CT molecular complexity index is 527. The minimum Gasteiger partial charge on any atom is -0.399 e. The highest BCUT2D eigenvalue weighted by molar-refractivity contribution is 5.51. The lowest BCUT2D eigenvalue weighted by atomic mass is 10.1. The van der Waals surface area contributed by atoms with Gasteiger partial charge < -0.3 is 10.6 Å². The lowest BCUT2D eigenvalue weighted by molar-refractivity contribution is 0.230. The van der Waals surface area contributed by atoms with Crippen LogP contribution in [0.15, 0.2) is 18.3 Å². The van der Waals surface area contributed by atoms with Gasteiger partial charge in [0.05, 0.1) is 0 Å². The molecule has 0 unspecified atom stereocenters. The zero-order chi connectivity index (χ0) is 12.4. The van der Waals surface area contributed by atoms with Crippen molar-refractivity contribution in [2.75, 3.05) is 25.4 Å². The van der Waals surface area contributed by atoms with Crippen molar-refractivity contribution < 1.29 is 0 Å². The number of hydrogen-bond donors (Lipinski definition) is 1. The maximum atomic E-state index is 5.73. The Morgan fingerprint density at radius 2 is 2.00 bits per heavy atom. The number of hydrogen-bond acceptors (Lipinski definition) is 4. The van der Waals surface area contributed by atoms with E-state index in [4.69, 9.17) is 5.73 Å². The molecular weight excluding hydrogens is 226 g/mol. The predicted molar refractivity (Wildman–Crippen MR) is 71.4 cm³/mol. The molecule has 2 aromatic rings. The number of nitrogen functional groups attached to an aromatic ring is 1. The highest BCUT2D eigenvalue weighted by Crippen LogP contribution is 2.11. The normalized spacial score (nSPS) is 17.3. The van der Waals surface area contributed by atoms with Gasteiger partial charge >= 0.3 is 0 Å². The summed E-state index contributed by atoms with van der Waals surface area (Å²) in [6, 6.07) is 3.75. The van der Waals surface area contributed by atoms with Crippen molar-refractivity contribution in [3.63, 3.8) is 0 Å². The smallest absolute Gasteiger partial charge is 0.162 e. The standard InChI is InChI=1S/C13H19N5/c14-11-4-9-18-12(15-16-13(18)10-11)5-8-17-6-2-1-3-7-17/h4,9-10H,1-3,5-8,14H2. The maximum absolute atomic E-state index is 5.73. The first-order chi connectivity index (χ1) is 8.83. The molecule has 1 aliphatic heterocycles. The number of piperidine rings is 1. The maximum Gasteiger partial charge on any atom is 0.162 e. The van der Waals surface area contributed by atoms with E-state index >= 15 is 0 Å². The van der Waals surface area contributed by atoms with Crippen LogP contribution in [0.2, 0.25) is 0 Å². The topological polar surface area (TPSA) is 59.5 Å². The third kappa shape index (κ3) is 2.31. The summed E-state index contributed by atoms with van der Waals surface area (Å²) in [5.41, 5.74) is 7.31. The van der Waals surface area contributed by atoms with Crippen LogP contribution in [0.3, 0.4) is 0 Å². The van der Waals surface area contributed by atoms with Crippen LogP contribution in [-0.2, 0) is 6.42 Å². The molecule has 3 rings (SSSR count). The zero-order valence-electron chi connectivity index (χ0n) is 10.5. The lowest BCUT2D eigenvalue weighted by Gasteiger charge is -2.25. The van der Waals surface area contributed by atoms with Crippen molar-refractivity contribution >= 4 is 11.3 Å². The molecule has 2 N–H and O–H groups in total. The first kappa shape index (κ1) is 11.5. The van der Waals surface area contributed by atoms with Crippen molar-refractivity contribution in [3.05, 3.63) is 24.2 Å². The molecule has 2 aromatic heterocycles. The van der Waals surface area contributed by atoms with Gasteiger partial charge in [-0.3, -0.25) is 4.40 Å². The van der Waals surface area contributed by atoms with Crippen LogP contribution in [0.5, 0.6) is 0 Å². The molecule has 0 amide bonds. The molecule has 18 heavy (non-hydrogen) atoms.